The van der Waals surface area contributed by atoms with E-state index in [1.807, 2.05) is 29.3 Å². The summed E-state index contributed by atoms with van der Waals surface area (Å²) in [5.74, 6) is 0.692. The van der Waals surface area contributed by atoms with Crippen LogP contribution in [0.2, 0.25) is 0 Å². The topological polar surface area (TPSA) is 62.5 Å². The molecule has 0 N–H and O–H groups in total. The molecule has 0 aromatic carbocycles. The van der Waals surface area contributed by atoms with Crippen molar-refractivity contribution in [3.63, 3.8) is 0 Å². The van der Waals surface area contributed by atoms with Gasteiger partial charge in [-0.1, -0.05) is 11.2 Å². The molecule has 2 aliphatic heterocycles. The van der Waals surface area contributed by atoms with Gasteiger partial charge < -0.3 is 9.42 Å². The SMILES string of the molecule is O=C(c1cc([C@H]2CCCN(Cc3ccccn3)C2)no1)N1CCCC1. The molecule has 6 heteroatoms. The van der Waals surface area contributed by atoms with Crippen LogP contribution in [0.5, 0.6) is 0 Å². The minimum absolute atomic E-state index is 0.0163. The second-order valence-corrected chi connectivity index (χ2v) is 7.01. The van der Waals surface area contributed by atoms with E-state index in [2.05, 4.69) is 21.1 Å². The Bertz CT molecular complexity index is 709. The van der Waals surface area contributed by atoms with Crippen LogP contribution in [-0.4, -0.2) is 52.0 Å². The van der Waals surface area contributed by atoms with Crippen LogP contribution < -0.4 is 0 Å². The zero-order valence-corrected chi connectivity index (χ0v) is 14.4. The Hall–Kier alpha value is -2.21. The third-order valence-corrected chi connectivity index (χ3v) is 5.17. The Kier molecular flexibility index (Phi) is 4.78. The molecule has 0 radical (unpaired) electrons. The van der Waals surface area contributed by atoms with Crippen molar-refractivity contribution in [2.75, 3.05) is 26.2 Å². The predicted octanol–water partition coefficient (Wildman–Crippen LogP) is 2.69. The maximum Gasteiger partial charge on any atom is 0.292 e. The zero-order chi connectivity index (χ0) is 17.1. The average Bonchev–Trinajstić information content (AvgIpc) is 3.34. The number of likely N-dealkylation sites (tertiary alicyclic amines) is 2. The fraction of sp³-hybridized carbons (Fsp3) is 0.526. The quantitative estimate of drug-likeness (QED) is 0.856. The first-order valence-corrected chi connectivity index (χ1v) is 9.18. The first kappa shape index (κ1) is 16.3. The number of piperidine rings is 1. The fourth-order valence-corrected chi connectivity index (χ4v) is 3.82. The molecule has 0 aliphatic carbocycles. The molecule has 6 nitrogen and oxygen atoms in total. The highest BCUT2D eigenvalue weighted by molar-refractivity contribution is 5.91. The minimum atomic E-state index is -0.0163. The summed E-state index contributed by atoms with van der Waals surface area (Å²) >= 11 is 0. The van der Waals surface area contributed by atoms with Gasteiger partial charge in [0.05, 0.1) is 11.4 Å². The largest absolute Gasteiger partial charge is 0.351 e. The summed E-state index contributed by atoms with van der Waals surface area (Å²) in [5, 5.41) is 4.21. The lowest BCUT2D eigenvalue weighted by Crippen LogP contribution is -2.34. The first-order valence-electron chi connectivity index (χ1n) is 9.18. The van der Waals surface area contributed by atoms with Crippen LogP contribution in [0, 0.1) is 0 Å². The second kappa shape index (κ2) is 7.35. The molecular formula is C19H24N4O2. The number of rotatable bonds is 4. The molecule has 4 rings (SSSR count). The molecule has 1 atom stereocenters. The lowest BCUT2D eigenvalue weighted by Gasteiger charge is -2.31. The van der Waals surface area contributed by atoms with Crippen molar-refractivity contribution in [2.45, 2.75) is 38.1 Å². The Morgan fingerprint density at radius 1 is 1.20 bits per heavy atom. The summed E-state index contributed by atoms with van der Waals surface area (Å²) in [7, 11) is 0. The zero-order valence-electron chi connectivity index (χ0n) is 14.4. The van der Waals surface area contributed by atoms with Crippen molar-refractivity contribution in [3.8, 4) is 0 Å². The van der Waals surface area contributed by atoms with Gasteiger partial charge in [-0.15, -0.1) is 0 Å². The smallest absolute Gasteiger partial charge is 0.292 e. The predicted molar refractivity (Wildman–Crippen MR) is 93.1 cm³/mol. The number of hydrogen-bond donors (Lipinski definition) is 0. The van der Waals surface area contributed by atoms with Crippen LogP contribution >= 0.6 is 0 Å². The summed E-state index contributed by atoms with van der Waals surface area (Å²) in [4.78, 5) is 21.1. The molecule has 2 aromatic rings. The molecule has 0 spiro atoms. The molecule has 0 unspecified atom stereocenters. The fourth-order valence-electron chi connectivity index (χ4n) is 3.82. The molecule has 1 amide bonds. The number of hydrogen-bond acceptors (Lipinski definition) is 5. The highest BCUT2D eigenvalue weighted by atomic mass is 16.5. The minimum Gasteiger partial charge on any atom is -0.351 e. The lowest BCUT2D eigenvalue weighted by atomic mass is 9.94. The van der Waals surface area contributed by atoms with Crippen molar-refractivity contribution in [1.82, 2.24) is 19.9 Å². The van der Waals surface area contributed by atoms with Gasteiger partial charge in [-0.05, 0) is 44.4 Å². The molecule has 2 fully saturated rings. The van der Waals surface area contributed by atoms with E-state index in [-0.39, 0.29) is 5.91 Å². The highest BCUT2D eigenvalue weighted by Crippen LogP contribution is 2.28. The molecule has 2 saturated heterocycles. The van der Waals surface area contributed by atoms with E-state index < -0.39 is 0 Å². The van der Waals surface area contributed by atoms with Crippen molar-refractivity contribution >= 4 is 5.91 Å². The summed E-state index contributed by atoms with van der Waals surface area (Å²) in [6, 6.07) is 7.89. The van der Waals surface area contributed by atoms with Crippen LogP contribution in [0.25, 0.3) is 0 Å². The van der Waals surface area contributed by atoms with Crippen LogP contribution in [0.4, 0.5) is 0 Å². The molecule has 0 saturated carbocycles. The van der Waals surface area contributed by atoms with Crippen LogP contribution in [0.1, 0.15) is 53.5 Å². The number of nitrogens with zero attached hydrogens (tertiary/aromatic N) is 4. The van der Waals surface area contributed by atoms with E-state index in [0.29, 0.717) is 11.7 Å². The first-order chi connectivity index (χ1) is 12.3. The normalized spacial score (nSPS) is 21.6. The molecule has 25 heavy (non-hydrogen) atoms. The van der Waals surface area contributed by atoms with E-state index in [0.717, 1.165) is 69.8 Å². The summed E-state index contributed by atoms with van der Waals surface area (Å²) < 4.78 is 5.37. The van der Waals surface area contributed by atoms with Gasteiger partial charge >= 0.3 is 0 Å². The Morgan fingerprint density at radius 2 is 2.08 bits per heavy atom. The van der Waals surface area contributed by atoms with Gasteiger partial charge in [0.1, 0.15) is 0 Å². The number of pyridine rings is 1. The standard InChI is InChI=1S/C19H24N4O2/c24-19(23-10-3-4-11-23)18-12-17(21-25-18)15-6-5-9-22(13-15)14-16-7-1-2-8-20-16/h1-2,7-8,12,15H,3-6,9-11,13-14H2/t15-/m0/s1. The third kappa shape index (κ3) is 3.74. The number of carbonyl (C=O) groups excluding carboxylic acids is 1. The summed E-state index contributed by atoms with van der Waals surface area (Å²) in [6.07, 6.45) is 6.21. The second-order valence-electron chi connectivity index (χ2n) is 7.01. The average molecular weight is 340 g/mol. The molecule has 2 aliphatic rings. The monoisotopic (exact) mass is 340 g/mol. The molecule has 132 valence electrons. The van der Waals surface area contributed by atoms with Crippen molar-refractivity contribution in [2.24, 2.45) is 0 Å². The Morgan fingerprint density at radius 3 is 2.88 bits per heavy atom. The Labute approximate surface area is 147 Å². The van der Waals surface area contributed by atoms with Crippen molar-refractivity contribution < 1.29 is 9.32 Å². The molecule has 0 bridgehead atoms. The van der Waals surface area contributed by atoms with E-state index in [1.165, 1.54) is 0 Å². The maximum absolute atomic E-state index is 12.4. The van der Waals surface area contributed by atoms with Gasteiger partial charge in [0.2, 0.25) is 5.76 Å². The number of aromatic nitrogens is 2. The van der Waals surface area contributed by atoms with E-state index in [1.54, 1.807) is 0 Å². The van der Waals surface area contributed by atoms with Crippen LogP contribution in [0.15, 0.2) is 35.0 Å². The molecular weight excluding hydrogens is 316 g/mol. The van der Waals surface area contributed by atoms with E-state index >= 15 is 0 Å². The van der Waals surface area contributed by atoms with Gasteiger partial charge in [-0.2, -0.15) is 0 Å². The third-order valence-electron chi connectivity index (χ3n) is 5.17. The van der Waals surface area contributed by atoms with Gasteiger partial charge in [0, 0.05) is 44.4 Å². The van der Waals surface area contributed by atoms with Gasteiger partial charge in [0.25, 0.3) is 5.91 Å². The molecule has 4 heterocycles. The summed E-state index contributed by atoms with van der Waals surface area (Å²) in [6.45, 7) is 4.52. The maximum atomic E-state index is 12.4. The van der Waals surface area contributed by atoms with Crippen molar-refractivity contribution in [1.29, 1.82) is 0 Å². The summed E-state index contributed by atoms with van der Waals surface area (Å²) in [5.41, 5.74) is 2.00. The van der Waals surface area contributed by atoms with Gasteiger partial charge in [-0.25, -0.2) is 0 Å². The number of carbonyl (C=O) groups is 1. The van der Waals surface area contributed by atoms with Crippen molar-refractivity contribution in [3.05, 3.63) is 47.6 Å². The highest BCUT2D eigenvalue weighted by Gasteiger charge is 2.28. The lowest BCUT2D eigenvalue weighted by molar-refractivity contribution is 0.0751. The van der Waals surface area contributed by atoms with E-state index in [9.17, 15) is 4.79 Å². The van der Waals surface area contributed by atoms with Gasteiger partial charge in [0.15, 0.2) is 0 Å². The Balaban J connectivity index is 1.40. The van der Waals surface area contributed by atoms with Crippen LogP contribution in [-0.2, 0) is 6.54 Å². The molecule has 2 aromatic heterocycles. The van der Waals surface area contributed by atoms with Crippen LogP contribution in [0.3, 0.4) is 0 Å². The van der Waals surface area contributed by atoms with E-state index in [4.69, 9.17) is 4.52 Å². The number of amides is 1. The van der Waals surface area contributed by atoms with Gasteiger partial charge in [-0.3, -0.25) is 14.7 Å².